The maximum Gasteiger partial charge on any atom is 0.309 e. The summed E-state index contributed by atoms with van der Waals surface area (Å²) in [5.74, 6) is -1.26. The van der Waals surface area contributed by atoms with Gasteiger partial charge in [0.05, 0.1) is 11.6 Å². The van der Waals surface area contributed by atoms with Crippen molar-refractivity contribution in [1.82, 2.24) is 4.98 Å². The number of aromatic nitrogens is 1. The van der Waals surface area contributed by atoms with Crippen LogP contribution in [0.3, 0.4) is 0 Å². The molecule has 0 saturated carbocycles. The number of rotatable bonds is 5. The monoisotopic (exact) mass is 225 g/mol. The summed E-state index contributed by atoms with van der Waals surface area (Å²) in [6.07, 6.45) is 4.00. The molecule has 0 amide bonds. The Labute approximate surface area is 94.3 Å². The van der Waals surface area contributed by atoms with E-state index in [1.54, 1.807) is 0 Å². The number of nitrogens with zero attached hydrogens (tertiary/aromatic N) is 1. The maximum atomic E-state index is 12.9. The molecule has 0 unspecified atom stereocenters. The molecular formula is C12H16FNO2. The van der Waals surface area contributed by atoms with Crippen molar-refractivity contribution < 1.29 is 14.3 Å². The first kappa shape index (κ1) is 12.6. The summed E-state index contributed by atoms with van der Waals surface area (Å²) in [5.41, 5.74) is -0.179. The zero-order valence-corrected chi connectivity index (χ0v) is 9.53. The Bertz CT molecular complexity index is 375. The van der Waals surface area contributed by atoms with E-state index >= 15 is 0 Å². The first-order valence-corrected chi connectivity index (χ1v) is 5.37. The zero-order chi connectivity index (χ0) is 12.2. The van der Waals surface area contributed by atoms with Gasteiger partial charge in [0, 0.05) is 6.20 Å². The van der Waals surface area contributed by atoms with Crippen LogP contribution in [0.4, 0.5) is 4.39 Å². The molecule has 88 valence electrons. The third kappa shape index (κ3) is 2.56. The van der Waals surface area contributed by atoms with Crippen LogP contribution in [-0.4, -0.2) is 16.1 Å². The smallest absolute Gasteiger partial charge is 0.309 e. The summed E-state index contributed by atoms with van der Waals surface area (Å²) < 4.78 is 12.9. The second-order valence-corrected chi connectivity index (χ2v) is 3.98. The van der Waals surface area contributed by atoms with Crippen molar-refractivity contribution >= 4 is 5.97 Å². The van der Waals surface area contributed by atoms with E-state index in [0.29, 0.717) is 24.8 Å². The average molecular weight is 225 g/mol. The van der Waals surface area contributed by atoms with E-state index in [2.05, 4.69) is 4.98 Å². The van der Waals surface area contributed by atoms with E-state index in [1.165, 1.54) is 12.3 Å². The van der Waals surface area contributed by atoms with Crippen LogP contribution in [0.5, 0.6) is 0 Å². The minimum absolute atomic E-state index is 0.320. The fourth-order valence-corrected chi connectivity index (χ4v) is 1.82. The van der Waals surface area contributed by atoms with Crippen molar-refractivity contribution in [3.63, 3.8) is 0 Å². The number of pyridine rings is 1. The predicted octanol–water partition coefficient (Wildman–Crippen LogP) is 2.65. The Morgan fingerprint density at radius 1 is 1.44 bits per heavy atom. The minimum atomic E-state index is -0.832. The maximum absolute atomic E-state index is 12.9. The van der Waals surface area contributed by atoms with Gasteiger partial charge >= 0.3 is 5.97 Å². The van der Waals surface area contributed by atoms with E-state index in [-0.39, 0.29) is 0 Å². The Hall–Kier alpha value is -1.45. The van der Waals surface area contributed by atoms with Gasteiger partial charge in [-0.1, -0.05) is 13.8 Å². The normalized spacial score (nSPS) is 11.4. The summed E-state index contributed by atoms with van der Waals surface area (Å²) in [4.78, 5) is 15.0. The molecule has 1 rings (SSSR count). The van der Waals surface area contributed by atoms with Crippen LogP contribution < -0.4 is 0 Å². The lowest BCUT2D eigenvalue weighted by Crippen LogP contribution is -2.32. The van der Waals surface area contributed by atoms with Crippen molar-refractivity contribution in [2.24, 2.45) is 5.41 Å². The topological polar surface area (TPSA) is 50.2 Å². The lowest BCUT2D eigenvalue weighted by Gasteiger charge is -2.26. The fraction of sp³-hybridized carbons (Fsp3) is 0.500. The molecule has 0 aliphatic carbocycles. The third-order valence-electron chi connectivity index (χ3n) is 3.11. The van der Waals surface area contributed by atoms with Gasteiger partial charge in [-0.05, 0) is 30.9 Å². The van der Waals surface area contributed by atoms with E-state index in [0.717, 1.165) is 6.20 Å². The van der Waals surface area contributed by atoms with Crippen LogP contribution in [0.25, 0.3) is 0 Å². The van der Waals surface area contributed by atoms with Crippen LogP contribution in [0.2, 0.25) is 0 Å². The van der Waals surface area contributed by atoms with Crippen molar-refractivity contribution in [3.8, 4) is 0 Å². The molecule has 1 aromatic rings. The van der Waals surface area contributed by atoms with E-state index in [1.807, 2.05) is 13.8 Å². The van der Waals surface area contributed by atoms with Gasteiger partial charge in [0.2, 0.25) is 0 Å². The molecule has 0 aliphatic heterocycles. The molecule has 3 nitrogen and oxygen atoms in total. The van der Waals surface area contributed by atoms with Gasteiger partial charge in [-0.2, -0.15) is 0 Å². The molecule has 0 fully saturated rings. The number of carbonyl (C=O) groups is 1. The molecule has 0 atom stereocenters. The van der Waals surface area contributed by atoms with Crippen LogP contribution >= 0.6 is 0 Å². The molecule has 1 aromatic heterocycles. The number of hydrogen-bond acceptors (Lipinski definition) is 2. The van der Waals surface area contributed by atoms with Gasteiger partial charge < -0.3 is 5.11 Å². The standard InChI is InChI=1S/C12H16FNO2/c1-3-12(4-2,11(15)16)6-9-5-10(13)8-14-7-9/h5,7-8H,3-4,6H2,1-2H3,(H,15,16). The number of aliphatic carboxylic acids is 1. The number of carboxylic acids is 1. The van der Waals surface area contributed by atoms with Crippen LogP contribution in [0.1, 0.15) is 32.3 Å². The molecule has 0 spiro atoms. The summed E-state index contributed by atoms with van der Waals surface area (Å²) in [7, 11) is 0. The Morgan fingerprint density at radius 2 is 2.06 bits per heavy atom. The highest BCUT2D eigenvalue weighted by Gasteiger charge is 2.34. The van der Waals surface area contributed by atoms with Gasteiger partial charge in [-0.15, -0.1) is 0 Å². The van der Waals surface area contributed by atoms with Crippen LogP contribution in [0, 0.1) is 11.2 Å². The largest absolute Gasteiger partial charge is 0.481 e. The molecule has 0 radical (unpaired) electrons. The second kappa shape index (κ2) is 5.05. The molecule has 0 bridgehead atoms. The van der Waals surface area contributed by atoms with Crippen molar-refractivity contribution in [2.75, 3.05) is 0 Å². The summed E-state index contributed by atoms with van der Waals surface area (Å²) in [5, 5.41) is 9.24. The lowest BCUT2D eigenvalue weighted by atomic mass is 9.77. The van der Waals surface area contributed by atoms with Crippen molar-refractivity contribution in [1.29, 1.82) is 0 Å². The van der Waals surface area contributed by atoms with Gasteiger partial charge in [0.1, 0.15) is 5.82 Å². The number of hydrogen-bond donors (Lipinski definition) is 1. The first-order valence-electron chi connectivity index (χ1n) is 5.37. The van der Waals surface area contributed by atoms with Crippen molar-refractivity contribution in [2.45, 2.75) is 33.1 Å². The third-order valence-corrected chi connectivity index (χ3v) is 3.11. The zero-order valence-electron chi connectivity index (χ0n) is 9.53. The summed E-state index contributed by atoms with van der Waals surface area (Å²) >= 11 is 0. The molecule has 1 N–H and O–H groups in total. The minimum Gasteiger partial charge on any atom is -0.481 e. The highest BCUT2D eigenvalue weighted by molar-refractivity contribution is 5.74. The molecule has 1 heterocycles. The van der Waals surface area contributed by atoms with E-state index in [9.17, 15) is 14.3 Å². The molecule has 16 heavy (non-hydrogen) atoms. The molecule has 0 saturated heterocycles. The molecule has 0 aliphatic rings. The Balaban J connectivity index is 2.96. The fourth-order valence-electron chi connectivity index (χ4n) is 1.82. The SMILES string of the molecule is CCC(CC)(Cc1cncc(F)c1)C(=O)O. The Morgan fingerprint density at radius 3 is 2.50 bits per heavy atom. The highest BCUT2D eigenvalue weighted by Crippen LogP contribution is 2.31. The molecule has 4 heteroatoms. The highest BCUT2D eigenvalue weighted by atomic mass is 19.1. The van der Waals surface area contributed by atoms with E-state index < -0.39 is 17.2 Å². The Kier molecular flexibility index (Phi) is 3.99. The predicted molar refractivity (Wildman–Crippen MR) is 58.5 cm³/mol. The van der Waals surface area contributed by atoms with Crippen LogP contribution in [-0.2, 0) is 11.2 Å². The average Bonchev–Trinajstić information content (AvgIpc) is 2.25. The lowest BCUT2D eigenvalue weighted by molar-refractivity contribution is -0.149. The van der Waals surface area contributed by atoms with Gasteiger partial charge in [0.25, 0.3) is 0 Å². The van der Waals surface area contributed by atoms with E-state index in [4.69, 9.17) is 0 Å². The summed E-state index contributed by atoms with van der Waals surface area (Å²) in [6, 6.07) is 1.34. The van der Waals surface area contributed by atoms with Gasteiger partial charge in [-0.3, -0.25) is 9.78 Å². The number of halogens is 1. The first-order chi connectivity index (χ1) is 7.54. The van der Waals surface area contributed by atoms with Gasteiger partial charge in [-0.25, -0.2) is 4.39 Å². The van der Waals surface area contributed by atoms with Gasteiger partial charge in [0.15, 0.2) is 0 Å². The second-order valence-electron chi connectivity index (χ2n) is 3.98. The molecular weight excluding hydrogens is 209 g/mol. The van der Waals surface area contributed by atoms with Crippen LogP contribution in [0.15, 0.2) is 18.5 Å². The number of carboxylic acid groups (broad SMARTS) is 1. The quantitative estimate of drug-likeness (QED) is 0.838. The molecule has 0 aromatic carbocycles. The summed E-state index contributed by atoms with van der Waals surface area (Å²) in [6.45, 7) is 3.68. The van der Waals surface area contributed by atoms with Crippen molar-refractivity contribution in [3.05, 3.63) is 29.8 Å².